The summed E-state index contributed by atoms with van der Waals surface area (Å²) in [5.74, 6) is 1.20. The molecular weight excluding hydrogens is 260 g/mol. The minimum Gasteiger partial charge on any atom is -0.370 e. The predicted molar refractivity (Wildman–Crippen MR) is 90.7 cm³/mol. The number of nitrogens with two attached hydrogens (primary N) is 1. The Morgan fingerprint density at radius 2 is 1.95 bits per heavy atom. The first-order valence-electron chi connectivity index (χ1n) is 8.03. The Morgan fingerprint density at radius 3 is 2.57 bits per heavy atom. The summed E-state index contributed by atoms with van der Waals surface area (Å²) in [4.78, 5) is 7.05. The van der Waals surface area contributed by atoms with Crippen LogP contribution in [-0.4, -0.2) is 37.0 Å². The number of nitrogens with zero attached hydrogens (tertiary/aromatic N) is 2. The molecule has 1 fully saturated rings. The van der Waals surface area contributed by atoms with E-state index in [1.807, 2.05) is 12.1 Å². The maximum Gasteiger partial charge on any atom is 0.193 e. The summed E-state index contributed by atoms with van der Waals surface area (Å²) >= 11 is 0. The van der Waals surface area contributed by atoms with Crippen LogP contribution in [0.25, 0.3) is 0 Å². The number of aryl methyl sites for hydroxylation is 1. The van der Waals surface area contributed by atoms with E-state index in [2.05, 4.69) is 41.2 Å². The molecule has 1 aliphatic heterocycles. The van der Waals surface area contributed by atoms with Crippen molar-refractivity contribution in [2.45, 2.75) is 33.1 Å². The fourth-order valence-corrected chi connectivity index (χ4v) is 2.76. The summed E-state index contributed by atoms with van der Waals surface area (Å²) in [7, 11) is 0. The zero-order chi connectivity index (χ0) is 15.1. The van der Waals surface area contributed by atoms with Crippen LogP contribution in [0.5, 0.6) is 0 Å². The van der Waals surface area contributed by atoms with Gasteiger partial charge in [-0.3, -0.25) is 4.99 Å². The highest BCUT2D eigenvalue weighted by Gasteiger charge is 2.18. The van der Waals surface area contributed by atoms with Crippen LogP contribution in [0.15, 0.2) is 29.3 Å². The Morgan fingerprint density at radius 1 is 1.29 bits per heavy atom. The Hall–Kier alpha value is -1.55. The number of anilines is 1. The SMILES string of the molecule is CCCN1CCC(CN=C(N)Nc2ccc(C)cc2)CC1. The van der Waals surface area contributed by atoms with Gasteiger partial charge in [-0.05, 0) is 63.9 Å². The second-order valence-electron chi connectivity index (χ2n) is 6.00. The molecule has 4 nitrogen and oxygen atoms in total. The average Bonchev–Trinajstić information content (AvgIpc) is 2.49. The molecule has 0 aromatic heterocycles. The first-order valence-corrected chi connectivity index (χ1v) is 8.03. The van der Waals surface area contributed by atoms with E-state index in [0.29, 0.717) is 11.9 Å². The lowest BCUT2D eigenvalue weighted by Crippen LogP contribution is -2.35. The Bertz CT molecular complexity index is 444. The molecule has 1 saturated heterocycles. The number of nitrogens with one attached hydrogen (secondary N) is 1. The third kappa shape index (κ3) is 5.38. The zero-order valence-electron chi connectivity index (χ0n) is 13.3. The quantitative estimate of drug-likeness (QED) is 0.647. The second kappa shape index (κ2) is 8.03. The molecule has 0 aliphatic carbocycles. The number of likely N-dealkylation sites (tertiary alicyclic amines) is 1. The van der Waals surface area contributed by atoms with Crippen LogP contribution < -0.4 is 11.1 Å². The molecule has 1 aliphatic rings. The molecule has 0 saturated carbocycles. The number of hydrogen-bond donors (Lipinski definition) is 2. The number of hydrogen-bond acceptors (Lipinski definition) is 2. The lowest BCUT2D eigenvalue weighted by Gasteiger charge is -2.30. The third-order valence-corrected chi connectivity index (χ3v) is 4.09. The van der Waals surface area contributed by atoms with Crippen molar-refractivity contribution in [3.05, 3.63) is 29.8 Å². The minimum atomic E-state index is 0.523. The molecular formula is C17H28N4. The molecule has 1 aromatic carbocycles. The van der Waals surface area contributed by atoms with Gasteiger partial charge in [0.05, 0.1) is 0 Å². The smallest absolute Gasteiger partial charge is 0.193 e. The van der Waals surface area contributed by atoms with Crippen LogP contribution in [0.1, 0.15) is 31.7 Å². The lowest BCUT2D eigenvalue weighted by atomic mass is 9.97. The first kappa shape index (κ1) is 15.8. The lowest BCUT2D eigenvalue weighted by molar-refractivity contribution is 0.188. The van der Waals surface area contributed by atoms with Crippen LogP contribution in [0.2, 0.25) is 0 Å². The first-order chi connectivity index (χ1) is 10.2. The highest BCUT2D eigenvalue weighted by Crippen LogP contribution is 2.17. The van der Waals surface area contributed by atoms with Gasteiger partial charge in [0, 0.05) is 12.2 Å². The molecule has 3 N–H and O–H groups in total. The topological polar surface area (TPSA) is 53.6 Å². The number of aliphatic imine (C=N–C) groups is 1. The Balaban J connectivity index is 1.75. The van der Waals surface area contributed by atoms with Gasteiger partial charge < -0.3 is 16.0 Å². The molecule has 1 aromatic rings. The van der Waals surface area contributed by atoms with Gasteiger partial charge in [-0.25, -0.2) is 0 Å². The van der Waals surface area contributed by atoms with Gasteiger partial charge in [0.1, 0.15) is 0 Å². The van der Waals surface area contributed by atoms with Crippen LogP contribution in [-0.2, 0) is 0 Å². The van der Waals surface area contributed by atoms with Crippen molar-refractivity contribution in [3.63, 3.8) is 0 Å². The van der Waals surface area contributed by atoms with Crippen molar-refractivity contribution < 1.29 is 0 Å². The van der Waals surface area contributed by atoms with E-state index >= 15 is 0 Å². The van der Waals surface area contributed by atoms with Crippen molar-refractivity contribution in [1.29, 1.82) is 0 Å². The molecule has 0 amide bonds. The van der Waals surface area contributed by atoms with E-state index in [-0.39, 0.29) is 0 Å². The molecule has 0 atom stereocenters. The summed E-state index contributed by atoms with van der Waals surface area (Å²) < 4.78 is 0. The molecule has 1 heterocycles. The summed E-state index contributed by atoms with van der Waals surface area (Å²) in [5.41, 5.74) is 8.21. The molecule has 4 heteroatoms. The molecule has 0 radical (unpaired) electrons. The fraction of sp³-hybridized carbons (Fsp3) is 0.588. The maximum atomic E-state index is 5.96. The van der Waals surface area contributed by atoms with Gasteiger partial charge in [0.15, 0.2) is 5.96 Å². The van der Waals surface area contributed by atoms with E-state index < -0.39 is 0 Å². The van der Waals surface area contributed by atoms with Crippen LogP contribution in [0, 0.1) is 12.8 Å². The summed E-state index contributed by atoms with van der Waals surface area (Å²) in [6.45, 7) is 8.80. The van der Waals surface area contributed by atoms with Crippen molar-refractivity contribution in [3.8, 4) is 0 Å². The molecule has 0 bridgehead atoms. The monoisotopic (exact) mass is 288 g/mol. The number of rotatable bonds is 5. The predicted octanol–water partition coefficient (Wildman–Crippen LogP) is 2.84. The molecule has 21 heavy (non-hydrogen) atoms. The normalized spacial score (nSPS) is 17.9. The molecule has 0 unspecified atom stereocenters. The zero-order valence-corrected chi connectivity index (χ0v) is 13.3. The van der Waals surface area contributed by atoms with E-state index in [9.17, 15) is 0 Å². The van der Waals surface area contributed by atoms with Gasteiger partial charge >= 0.3 is 0 Å². The fourth-order valence-electron chi connectivity index (χ4n) is 2.76. The number of benzene rings is 1. The van der Waals surface area contributed by atoms with Crippen LogP contribution >= 0.6 is 0 Å². The Labute approximate surface area is 128 Å². The summed E-state index contributed by atoms with van der Waals surface area (Å²) in [5, 5.41) is 3.16. The van der Waals surface area contributed by atoms with E-state index in [4.69, 9.17) is 5.73 Å². The van der Waals surface area contributed by atoms with Gasteiger partial charge in [-0.15, -0.1) is 0 Å². The minimum absolute atomic E-state index is 0.523. The van der Waals surface area contributed by atoms with Gasteiger partial charge in [0.25, 0.3) is 0 Å². The standard InChI is InChI=1S/C17H28N4/c1-3-10-21-11-8-15(9-12-21)13-19-17(18)20-16-6-4-14(2)5-7-16/h4-7,15H,3,8-13H2,1-2H3,(H3,18,19,20). The highest BCUT2D eigenvalue weighted by molar-refractivity contribution is 5.92. The molecule has 0 spiro atoms. The highest BCUT2D eigenvalue weighted by atomic mass is 15.1. The van der Waals surface area contributed by atoms with Gasteiger partial charge in [-0.2, -0.15) is 0 Å². The summed E-state index contributed by atoms with van der Waals surface area (Å²) in [6, 6.07) is 8.19. The maximum absolute atomic E-state index is 5.96. The molecule has 2 rings (SSSR count). The van der Waals surface area contributed by atoms with Crippen LogP contribution in [0.3, 0.4) is 0 Å². The van der Waals surface area contributed by atoms with Crippen molar-refractivity contribution in [1.82, 2.24) is 4.90 Å². The third-order valence-electron chi connectivity index (χ3n) is 4.09. The number of piperidine rings is 1. The van der Waals surface area contributed by atoms with Crippen molar-refractivity contribution >= 4 is 11.6 Å². The van der Waals surface area contributed by atoms with E-state index in [1.165, 1.54) is 44.5 Å². The Kier molecular flexibility index (Phi) is 6.05. The van der Waals surface area contributed by atoms with Crippen molar-refractivity contribution in [2.24, 2.45) is 16.6 Å². The largest absolute Gasteiger partial charge is 0.370 e. The van der Waals surface area contributed by atoms with E-state index in [0.717, 1.165) is 12.2 Å². The average molecular weight is 288 g/mol. The summed E-state index contributed by atoms with van der Waals surface area (Å²) in [6.07, 6.45) is 3.72. The molecule has 116 valence electrons. The van der Waals surface area contributed by atoms with Gasteiger partial charge in [-0.1, -0.05) is 24.6 Å². The van der Waals surface area contributed by atoms with Crippen LogP contribution in [0.4, 0.5) is 5.69 Å². The van der Waals surface area contributed by atoms with E-state index in [1.54, 1.807) is 0 Å². The van der Waals surface area contributed by atoms with Crippen molar-refractivity contribution in [2.75, 3.05) is 31.5 Å². The number of guanidine groups is 1. The van der Waals surface area contributed by atoms with Gasteiger partial charge in [0.2, 0.25) is 0 Å². The second-order valence-corrected chi connectivity index (χ2v) is 6.00.